The zero-order valence-electron chi connectivity index (χ0n) is 23.8. The van der Waals surface area contributed by atoms with E-state index >= 15 is 0 Å². The number of nitrogens with one attached hydrogen (secondary N) is 1. The summed E-state index contributed by atoms with van der Waals surface area (Å²) in [6.07, 6.45) is -1.49. The maximum atomic E-state index is 12.8. The largest absolute Gasteiger partial charge is 0.508 e. The maximum absolute atomic E-state index is 12.8. The highest BCUT2D eigenvalue weighted by molar-refractivity contribution is 7.92. The van der Waals surface area contributed by atoms with E-state index in [-0.39, 0.29) is 29.5 Å². The Bertz CT molecular complexity index is 1580. The van der Waals surface area contributed by atoms with E-state index in [1.165, 1.54) is 12.1 Å². The van der Waals surface area contributed by atoms with Crippen molar-refractivity contribution in [3.63, 3.8) is 0 Å². The second-order valence-electron chi connectivity index (χ2n) is 10.7. The Morgan fingerprint density at radius 1 is 0.907 bits per heavy atom. The molecule has 4 atom stereocenters. The van der Waals surface area contributed by atoms with Crippen LogP contribution < -0.4 is 4.72 Å². The number of anilines is 1. The number of sulfonamides is 1. The number of hydrogen-bond donors (Lipinski definition) is 4. The lowest BCUT2D eigenvalue weighted by Gasteiger charge is -2.38. The number of aromatic hydroxyl groups is 1. The smallest absolute Gasteiger partial charge is 0.261 e. The summed E-state index contributed by atoms with van der Waals surface area (Å²) in [6, 6.07) is 29.3. The van der Waals surface area contributed by atoms with Crippen LogP contribution in [0.4, 0.5) is 5.69 Å². The lowest BCUT2D eigenvalue weighted by Crippen LogP contribution is -2.39. The standard InChI is InChI=1S/C33H36N2O7S/c1-35(21-31(38)26-6-5-7-28(37)18-26)20-29-19-32(24-12-10-23(22-36)11-13-24)42-33(41-29)25-14-16-27(17-15-25)34-43(39,40)30-8-3-2-4-9-30/h2-18,29,31-34,36-38H,19-22H2,1H3. The van der Waals surface area contributed by atoms with Crippen LogP contribution in [0, 0.1) is 0 Å². The highest BCUT2D eigenvalue weighted by Crippen LogP contribution is 2.38. The summed E-state index contributed by atoms with van der Waals surface area (Å²) in [5, 5.41) is 30.0. The topological polar surface area (TPSA) is 129 Å². The molecule has 0 bridgehead atoms. The third kappa shape index (κ3) is 7.99. The number of benzene rings is 4. The van der Waals surface area contributed by atoms with E-state index < -0.39 is 22.4 Å². The van der Waals surface area contributed by atoms with Crippen molar-refractivity contribution in [3.8, 4) is 5.75 Å². The summed E-state index contributed by atoms with van der Waals surface area (Å²) in [7, 11) is -1.83. The number of phenolic OH excluding ortho intramolecular Hbond substituents is 1. The van der Waals surface area contributed by atoms with Gasteiger partial charge in [-0.3, -0.25) is 4.72 Å². The van der Waals surface area contributed by atoms with Gasteiger partial charge in [0.1, 0.15) is 5.75 Å². The van der Waals surface area contributed by atoms with E-state index in [1.807, 2.05) is 36.2 Å². The zero-order valence-corrected chi connectivity index (χ0v) is 24.6. The first kappa shape index (κ1) is 30.7. The van der Waals surface area contributed by atoms with Crippen molar-refractivity contribution in [2.45, 2.75) is 42.5 Å². The molecular weight excluding hydrogens is 568 g/mol. The van der Waals surface area contributed by atoms with Gasteiger partial charge in [0.25, 0.3) is 10.0 Å². The molecule has 1 saturated heterocycles. The molecule has 4 aromatic carbocycles. The van der Waals surface area contributed by atoms with E-state index in [0.717, 1.165) is 16.7 Å². The van der Waals surface area contributed by atoms with Crippen LogP contribution in [-0.2, 0) is 26.1 Å². The van der Waals surface area contributed by atoms with Crippen molar-refractivity contribution in [2.75, 3.05) is 24.9 Å². The van der Waals surface area contributed by atoms with Crippen LogP contribution in [-0.4, -0.2) is 54.9 Å². The fraction of sp³-hybridized carbons (Fsp3) is 0.273. The number of ether oxygens (including phenoxy) is 2. The second kappa shape index (κ2) is 13.7. The Balaban J connectivity index is 1.31. The first-order valence-corrected chi connectivity index (χ1v) is 15.5. The molecule has 0 aliphatic carbocycles. The molecule has 10 heteroatoms. The van der Waals surface area contributed by atoms with Gasteiger partial charge in [0.15, 0.2) is 6.29 Å². The molecule has 1 fully saturated rings. The summed E-state index contributed by atoms with van der Waals surface area (Å²) in [4.78, 5) is 2.16. The molecule has 9 nitrogen and oxygen atoms in total. The number of aliphatic hydroxyl groups excluding tert-OH is 2. The van der Waals surface area contributed by atoms with Crippen molar-refractivity contribution < 1.29 is 33.2 Å². The van der Waals surface area contributed by atoms with E-state index in [9.17, 15) is 23.7 Å². The van der Waals surface area contributed by atoms with E-state index in [4.69, 9.17) is 9.47 Å². The molecule has 4 aromatic rings. The molecule has 0 radical (unpaired) electrons. The average Bonchev–Trinajstić information content (AvgIpc) is 3.01. The van der Waals surface area contributed by atoms with Gasteiger partial charge in [-0.15, -0.1) is 0 Å². The normalized spacial score (nSPS) is 19.7. The summed E-state index contributed by atoms with van der Waals surface area (Å²) in [6.45, 7) is 0.795. The number of hydrogen-bond acceptors (Lipinski definition) is 8. The third-order valence-corrected chi connectivity index (χ3v) is 8.76. The second-order valence-corrected chi connectivity index (χ2v) is 12.4. The highest BCUT2D eigenvalue weighted by atomic mass is 32.2. The zero-order chi connectivity index (χ0) is 30.4. The molecule has 0 saturated carbocycles. The van der Waals surface area contributed by atoms with Crippen LogP contribution in [0.3, 0.4) is 0 Å². The molecule has 4 N–H and O–H groups in total. The summed E-state index contributed by atoms with van der Waals surface area (Å²) in [5.74, 6) is 0.101. The van der Waals surface area contributed by atoms with Gasteiger partial charge < -0.3 is 29.7 Å². The number of phenols is 1. The van der Waals surface area contributed by atoms with Crippen molar-refractivity contribution in [1.29, 1.82) is 0 Å². The Morgan fingerprint density at radius 2 is 1.60 bits per heavy atom. The van der Waals surface area contributed by atoms with Crippen LogP contribution in [0.5, 0.6) is 5.75 Å². The average molecular weight is 605 g/mol. The minimum absolute atomic E-state index is 0.0488. The van der Waals surface area contributed by atoms with Crippen molar-refractivity contribution >= 4 is 15.7 Å². The van der Waals surface area contributed by atoms with Crippen LogP contribution >= 0.6 is 0 Å². The predicted octanol–water partition coefficient (Wildman–Crippen LogP) is 4.90. The van der Waals surface area contributed by atoms with Gasteiger partial charge in [-0.05, 0) is 60.1 Å². The van der Waals surface area contributed by atoms with Crippen molar-refractivity contribution in [3.05, 3.63) is 125 Å². The predicted molar refractivity (Wildman–Crippen MR) is 163 cm³/mol. The molecule has 0 aromatic heterocycles. The molecule has 0 amide bonds. The number of likely N-dealkylation sites (N-methyl/N-ethyl adjacent to an activating group) is 1. The minimum atomic E-state index is -3.73. The first-order valence-electron chi connectivity index (χ1n) is 14.0. The van der Waals surface area contributed by atoms with Gasteiger partial charge in [-0.2, -0.15) is 0 Å². The Morgan fingerprint density at radius 3 is 2.28 bits per heavy atom. The van der Waals surface area contributed by atoms with Gasteiger partial charge in [0, 0.05) is 30.8 Å². The lowest BCUT2D eigenvalue weighted by molar-refractivity contribution is -0.252. The molecule has 1 aliphatic heterocycles. The van der Waals surface area contributed by atoms with Crippen LogP contribution in [0.25, 0.3) is 0 Å². The van der Waals surface area contributed by atoms with Gasteiger partial charge in [-0.1, -0.05) is 66.7 Å². The molecular formula is C33H36N2O7S. The van der Waals surface area contributed by atoms with Gasteiger partial charge in [0.05, 0.1) is 29.8 Å². The fourth-order valence-corrected chi connectivity index (χ4v) is 6.19. The third-order valence-electron chi connectivity index (χ3n) is 7.36. The highest BCUT2D eigenvalue weighted by Gasteiger charge is 2.33. The van der Waals surface area contributed by atoms with Crippen LogP contribution in [0.2, 0.25) is 0 Å². The van der Waals surface area contributed by atoms with Gasteiger partial charge in [0.2, 0.25) is 0 Å². The molecule has 1 aliphatic rings. The molecule has 5 rings (SSSR count). The monoisotopic (exact) mass is 604 g/mol. The summed E-state index contributed by atoms with van der Waals surface area (Å²) < 4.78 is 40.9. The van der Waals surface area contributed by atoms with Gasteiger partial charge >= 0.3 is 0 Å². The SMILES string of the molecule is CN(CC1CC(c2ccc(CO)cc2)OC(c2ccc(NS(=O)(=O)c3ccccc3)cc2)O1)CC(O)c1cccc(O)c1. The van der Waals surface area contributed by atoms with Crippen molar-refractivity contribution in [2.24, 2.45) is 0 Å². The molecule has 0 spiro atoms. The number of aliphatic hydroxyl groups is 2. The maximum Gasteiger partial charge on any atom is 0.261 e. The fourth-order valence-electron chi connectivity index (χ4n) is 5.11. The van der Waals surface area contributed by atoms with Crippen LogP contribution in [0.1, 0.15) is 47.2 Å². The van der Waals surface area contributed by atoms with E-state index in [2.05, 4.69) is 4.72 Å². The molecule has 4 unspecified atom stereocenters. The Kier molecular flexibility index (Phi) is 9.76. The summed E-state index contributed by atoms with van der Waals surface area (Å²) >= 11 is 0. The molecule has 1 heterocycles. The summed E-state index contributed by atoms with van der Waals surface area (Å²) in [5.41, 5.74) is 3.52. The van der Waals surface area contributed by atoms with E-state index in [1.54, 1.807) is 66.7 Å². The van der Waals surface area contributed by atoms with Gasteiger partial charge in [-0.25, -0.2) is 8.42 Å². The van der Waals surface area contributed by atoms with E-state index in [0.29, 0.717) is 30.8 Å². The van der Waals surface area contributed by atoms with Crippen molar-refractivity contribution in [1.82, 2.24) is 4.90 Å². The van der Waals surface area contributed by atoms with Crippen LogP contribution in [0.15, 0.2) is 108 Å². The minimum Gasteiger partial charge on any atom is -0.508 e. The Labute approximate surface area is 252 Å². The Hall–Kier alpha value is -3.77. The lowest BCUT2D eigenvalue weighted by atomic mass is 9.99. The first-order chi connectivity index (χ1) is 20.7. The number of nitrogens with zero attached hydrogens (tertiary/aromatic N) is 1. The molecule has 43 heavy (non-hydrogen) atoms. The molecule has 226 valence electrons. The quantitative estimate of drug-likeness (QED) is 0.190. The number of rotatable bonds is 11.